The van der Waals surface area contributed by atoms with E-state index in [2.05, 4.69) is 15.6 Å². The van der Waals surface area contributed by atoms with Gasteiger partial charge < -0.3 is 10.6 Å². The molecular formula is C23H24N4O5S2. The Hall–Kier alpha value is -3.15. The second-order valence-electron chi connectivity index (χ2n) is 8.12. The van der Waals surface area contributed by atoms with Crippen molar-refractivity contribution in [1.29, 1.82) is 0 Å². The van der Waals surface area contributed by atoms with Crippen molar-refractivity contribution in [3.63, 3.8) is 0 Å². The molecule has 178 valence electrons. The number of aromatic nitrogens is 1. The number of sulfone groups is 1. The molecule has 1 saturated heterocycles. The number of hydrogen-bond donors (Lipinski definition) is 2. The summed E-state index contributed by atoms with van der Waals surface area (Å²) in [7, 11) is -3.89. The Morgan fingerprint density at radius 1 is 1.18 bits per heavy atom. The van der Waals surface area contributed by atoms with E-state index >= 15 is 0 Å². The highest BCUT2D eigenvalue weighted by molar-refractivity contribution is 7.92. The van der Waals surface area contributed by atoms with E-state index in [0.29, 0.717) is 41.5 Å². The quantitative estimate of drug-likeness (QED) is 0.271. The van der Waals surface area contributed by atoms with Gasteiger partial charge in [-0.3, -0.25) is 14.9 Å². The molecule has 2 N–H and O–H groups in total. The van der Waals surface area contributed by atoms with Crippen LogP contribution in [-0.2, 0) is 9.84 Å². The molecule has 2 aromatic carbocycles. The van der Waals surface area contributed by atoms with Gasteiger partial charge in [-0.2, -0.15) is 0 Å². The molecule has 0 radical (unpaired) electrons. The van der Waals surface area contributed by atoms with Crippen LogP contribution in [0.1, 0.15) is 33.6 Å². The average Bonchev–Trinajstić information content (AvgIpc) is 3.32. The number of benzene rings is 2. The molecule has 2 heterocycles. The molecule has 0 aliphatic carbocycles. The molecule has 1 atom stereocenters. The molecule has 34 heavy (non-hydrogen) atoms. The normalized spacial score (nSPS) is 15.6. The van der Waals surface area contributed by atoms with Crippen LogP contribution in [0.15, 0.2) is 59.6 Å². The van der Waals surface area contributed by atoms with Crippen molar-refractivity contribution in [2.45, 2.75) is 30.0 Å². The highest BCUT2D eigenvalue weighted by atomic mass is 32.2. The number of piperidine rings is 1. The van der Waals surface area contributed by atoms with E-state index in [4.69, 9.17) is 0 Å². The van der Waals surface area contributed by atoms with Gasteiger partial charge in [-0.15, -0.1) is 0 Å². The zero-order chi connectivity index (χ0) is 24.3. The number of anilines is 1. The molecule has 1 aliphatic rings. The average molecular weight is 501 g/mol. The lowest BCUT2D eigenvalue weighted by Crippen LogP contribution is -2.42. The Kier molecular flexibility index (Phi) is 7.05. The lowest BCUT2D eigenvalue weighted by atomic mass is 9.98. The van der Waals surface area contributed by atoms with Crippen molar-refractivity contribution in [2.24, 2.45) is 5.92 Å². The summed E-state index contributed by atoms with van der Waals surface area (Å²) in [5.74, 6) is -0.360. The van der Waals surface area contributed by atoms with Gasteiger partial charge in [0.25, 0.3) is 5.69 Å². The van der Waals surface area contributed by atoms with Crippen LogP contribution in [0.2, 0.25) is 0 Å². The summed E-state index contributed by atoms with van der Waals surface area (Å²) in [6.45, 7) is 3.23. The zero-order valence-corrected chi connectivity index (χ0v) is 20.1. The number of non-ortho nitro benzene ring substituents is 1. The maximum absolute atomic E-state index is 13.6. The third-order valence-corrected chi connectivity index (χ3v) is 8.94. The number of aryl methyl sites for hydroxylation is 1. The predicted octanol–water partition coefficient (Wildman–Crippen LogP) is 3.80. The minimum atomic E-state index is -3.89. The number of rotatable bonds is 8. The Bertz CT molecular complexity index is 1300. The predicted molar refractivity (Wildman–Crippen MR) is 130 cm³/mol. The molecule has 4 rings (SSSR count). The topological polar surface area (TPSA) is 131 Å². The smallest absolute Gasteiger partial charge is 0.269 e. The highest BCUT2D eigenvalue weighted by Gasteiger charge is 2.36. The van der Waals surface area contributed by atoms with E-state index in [-0.39, 0.29) is 22.3 Å². The first-order chi connectivity index (χ1) is 16.3. The molecule has 3 aromatic rings. The Balaban J connectivity index is 1.63. The molecule has 0 saturated carbocycles. The SMILES string of the molecule is Cc1ccccc1C(=O)c1cnc(NC(C2CCNCC2)S(=O)(=O)c2ccc([N+](=O)[O-])cc2)s1. The van der Waals surface area contributed by atoms with Crippen molar-refractivity contribution >= 4 is 37.8 Å². The lowest BCUT2D eigenvalue weighted by Gasteiger charge is -2.31. The second-order valence-corrected chi connectivity index (χ2v) is 11.2. The maximum Gasteiger partial charge on any atom is 0.269 e. The van der Waals surface area contributed by atoms with E-state index in [1.165, 1.54) is 30.5 Å². The highest BCUT2D eigenvalue weighted by Crippen LogP contribution is 2.31. The van der Waals surface area contributed by atoms with Gasteiger partial charge in [0.1, 0.15) is 5.37 Å². The number of carbonyl (C=O) groups excluding carboxylic acids is 1. The maximum atomic E-state index is 13.6. The van der Waals surface area contributed by atoms with Crippen LogP contribution < -0.4 is 10.6 Å². The third kappa shape index (κ3) is 5.01. The van der Waals surface area contributed by atoms with Crippen LogP contribution in [0.4, 0.5) is 10.8 Å². The van der Waals surface area contributed by atoms with Gasteiger partial charge in [0.05, 0.1) is 20.9 Å². The van der Waals surface area contributed by atoms with Crippen LogP contribution in [0, 0.1) is 23.0 Å². The van der Waals surface area contributed by atoms with E-state index in [0.717, 1.165) is 16.9 Å². The summed E-state index contributed by atoms with van der Waals surface area (Å²) in [4.78, 5) is 28.0. The number of nitrogens with zero attached hydrogens (tertiary/aromatic N) is 2. The fraction of sp³-hybridized carbons (Fsp3) is 0.304. The van der Waals surface area contributed by atoms with Gasteiger partial charge in [0.15, 0.2) is 15.0 Å². The summed E-state index contributed by atoms with van der Waals surface area (Å²) in [6, 6.07) is 12.2. The number of carbonyl (C=O) groups is 1. The molecule has 1 fully saturated rings. The molecule has 11 heteroatoms. The van der Waals surface area contributed by atoms with E-state index in [9.17, 15) is 23.3 Å². The molecule has 0 spiro atoms. The van der Waals surface area contributed by atoms with Crippen molar-refractivity contribution in [3.05, 3.63) is 80.8 Å². The number of hydrogen-bond acceptors (Lipinski definition) is 9. The van der Waals surface area contributed by atoms with Gasteiger partial charge in [0.2, 0.25) is 5.78 Å². The molecule has 1 aliphatic heterocycles. The van der Waals surface area contributed by atoms with Crippen LogP contribution in [-0.4, -0.2) is 42.6 Å². The largest absolute Gasteiger partial charge is 0.345 e. The molecule has 1 unspecified atom stereocenters. The Labute approximate surface area is 201 Å². The van der Waals surface area contributed by atoms with Gasteiger partial charge >= 0.3 is 0 Å². The lowest BCUT2D eigenvalue weighted by molar-refractivity contribution is -0.384. The standard InChI is InChI=1S/C23H24N4O5S2/c1-15-4-2-3-5-19(15)21(28)20-14-25-23(33-20)26-22(16-10-12-24-13-11-16)34(31,32)18-8-6-17(7-9-18)27(29)30/h2-9,14,16,22,24H,10-13H2,1H3,(H,25,26). The summed E-state index contributed by atoms with van der Waals surface area (Å²) < 4.78 is 27.2. The number of ketones is 1. The monoisotopic (exact) mass is 500 g/mol. The molecule has 9 nitrogen and oxygen atoms in total. The number of nitro benzene ring substituents is 1. The van der Waals surface area contributed by atoms with Crippen molar-refractivity contribution in [2.75, 3.05) is 18.4 Å². The minimum absolute atomic E-state index is 0.00176. The van der Waals surface area contributed by atoms with E-state index in [1.807, 2.05) is 19.1 Å². The summed E-state index contributed by atoms with van der Waals surface area (Å²) in [5, 5.41) is 16.6. The fourth-order valence-corrected chi connectivity index (χ4v) is 6.76. The summed E-state index contributed by atoms with van der Waals surface area (Å²) in [5.41, 5.74) is 1.25. The molecule has 0 bridgehead atoms. The molecule has 1 aromatic heterocycles. The third-order valence-electron chi connectivity index (χ3n) is 5.91. The zero-order valence-electron chi connectivity index (χ0n) is 18.4. The number of nitro groups is 1. The van der Waals surface area contributed by atoms with Gasteiger partial charge in [-0.1, -0.05) is 35.6 Å². The van der Waals surface area contributed by atoms with Crippen LogP contribution >= 0.6 is 11.3 Å². The van der Waals surface area contributed by atoms with Crippen molar-refractivity contribution < 1.29 is 18.1 Å². The van der Waals surface area contributed by atoms with Gasteiger partial charge in [-0.25, -0.2) is 13.4 Å². The second kappa shape index (κ2) is 10.00. The minimum Gasteiger partial charge on any atom is -0.345 e. The van der Waals surface area contributed by atoms with Gasteiger partial charge in [-0.05, 0) is 56.5 Å². The molecular weight excluding hydrogens is 476 g/mol. The van der Waals surface area contributed by atoms with E-state index in [1.54, 1.807) is 12.1 Å². The van der Waals surface area contributed by atoms with E-state index < -0.39 is 20.1 Å². The Morgan fingerprint density at radius 3 is 2.50 bits per heavy atom. The first kappa shape index (κ1) is 24.0. The van der Waals surface area contributed by atoms with Crippen LogP contribution in [0.5, 0.6) is 0 Å². The summed E-state index contributed by atoms with van der Waals surface area (Å²) in [6.07, 6.45) is 2.74. The molecule has 0 amide bonds. The van der Waals surface area contributed by atoms with Crippen LogP contribution in [0.3, 0.4) is 0 Å². The van der Waals surface area contributed by atoms with Crippen molar-refractivity contribution in [1.82, 2.24) is 10.3 Å². The number of thiazole rings is 1. The summed E-state index contributed by atoms with van der Waals surface area (Å²) >= 11 is 1.11. The Morgan fingerprint density at radius 2 is 1.85 bits per heavy atom. The first-order valence-corrected chi connectivity index (χ1v) is 13.2. The first-order valence-electron chi connectivity index (χ1n) is 10.8. The van der Waals surface area contributed by atoms with Crippen LogP contribution in [0.25, 0.3) is 0 Å². The van der Waals surface area contributed by atoms with Crippen molar-refractivity contribution in [3.8, 4) is 0 Å². The van der Waals surface area contributed by atoms with Gasteiger partial charge in [0, 0.05) is 17.7 Å². The fourth-order valence-electron chi connectivity index (χ4n) is 4.03. The number of nitrogens with one attached hydrogen (secondary N) is 2.